The molecule has 0 aliphatic heterocycles. The SMILES string of the molecule is [B]c1cccc2c(C(=O)Nc3ncc(Cc4ccc(F)cc4)s3)coc12. The fourth-order valence-corrected chi connectivity index (χ4v) is 3.51. The maximum atomic E-state index is 13.0. The Bertz CT molecular complexity index is 1090. The van der Waals surface area contributed by atoms with Gasteiger partial charge in [-0.15, -0.1) is 11.3 Å². The Hall–Kier alpha value is -2.93. The number of carbonyl (C=O) groups is 1. The van der Waals surface area contributed by atoms with Crippen molar-refractivity contribution in [3.63, 3.8) is 0 Å². The lowest BCUT2D eigenvalue weighted by atomic mass is 9.94. The third-order valence-corrected chi connectivity index (χ3v) is 4.85. The Morgan fingerprint density at radius 1 is 1.23 bits per heavy atom. The lowest BCUT2D eigenvalue weighted by Crippen LogP contribution is -2.11. The van der Waals surface area contributed by atoms with Crippen molar-refractivity contribution in [1.29, 1.82) is 0 Å². The van der Waals surface area contributed by atoms with Crippen LogP contribution in [-0.4, -0.2) is 18.7 Å². The summed E-state index contributed by atoms with van der Waals surface area (Å²) >= 11 is 1.37. The van der Waals surface area contributed by atoms with Crippen molar-refractivity contribution in [2.45, 2.75) is 6.42 Å². The molecule has 0 spiro atoms. The van der Waals surface area contributed by atoms with Crippen LogP contribution in [0, 0.1) is 5.82 Å². The van der Waals surface area contributed by atoms with Crippen LogP contribution in [0.3, 0.4) is 0 Å². The number of benzene rings is 2. The molecule has 0 aliphatic rings. The highest BCUT2D eigenvalue weighted by atomic mass is 32.1. The number of halogens is 1. The molecule has 126 valence electrons. The van der Waals surface area contributed by atoms with Crippen LogP contribution >= 0.6 is 11.3 Å². The Morgan fingerprint density at radius 2 is 2.04 bits per heavy atom. The van der Waals surface area contributed by atoms with E-state index in [9.17, 15) is 9.18 Å². The average Bonchev–Trinajstić information content (AvgIpc) is 3.24. The highest BCUT2D eigenvalue weighted by molar-refractivity contribution is 7.15. The van der Waals surface area contributed by atoms with Crippen molar-refractivity contribution < 1.29 is 13.6 Å². The molecule has 0 saturated heterocycles. The summed E-state index contributed by atoms with van der Waals surface area (Å²) in [6, 6.07) is 11.6. The van der Waals surface area contributed by atoms with E-state index in [0.717, 1.165) is 10.4 Å². The zero-order valence-electron chi connectivity index (χ0n) is 13.5. The molecule has 0 atom stereocenters. The number of rotatable bonds is 4. The molecular weight excluding hydrogens is 350 g/mol. The number of nitrogens with one attached hydrogen (secondary N) is 1. The molecule has 7 heteroatoms. The maximum Gasteiger partial charge on any atom is 0.261 e. The van der Waals surface area contributed by atoms with Gasteiger partial charge in [0, 0.05) is 22.9 Å². The van der Waals surface area contributed by atoms with E-state index in [4.69, 9.17) is 12.3 Å². The van der Waals surface area contributed by atoms with Crippen LogP contribution in [-0.2, 0) is 6.42 Å². The predicted octanol–water partition coefficient (Wildman–Crippen LogP) is 3.67. The number of aromatic nitrogens is 1. The molecule has 0 fully saturated rings. The molecule has 0 unspecified atom stereocenters. The first kappa shape index (κ1) is 16.5. The number of nitrogens with zero attached hydrogens (tertiary/aromatic N) is 1. The molecule has 0 bridgehead atoms. The lowest BCUT2D eigenvalue weighted by molar-refractivity contribution is 0.102. The number of thiazole rings is 1. The summed E-state index contributed by atoms with van der Waals surface area (Å²) in [6.07, 6.45) is 3.72. The van der Waals surface area contributed by atoms with Crippen LogP contribution in [0.5, 0.6) is 0 Å². The van der Waals surface area contributed by atoms with Gasteiger partial charge in [0.15, 0.2) is 5.13 Å². The molecular formula is C19H12BFN2O2S. The summed E-state index contributed by atoms with van der Waals surface area (Å²) in [5.74, 6) is -0.573. The minimum absolute atomic E-state index is 0.265. The van der Waals surface area contributed by atoms with Gasteiger partial charge >= 0.3 is 0 Å². The first-order valence-electron chi connectivity index (χ1n) is 7.86. The molecule has 2 aromatic heterocycles. The van der Waals surface area contributed by atoms with E-state index in [-0.39, 0.29) is 11.7 Å². The molecule has 1 amide bonds. The van der Waals surface area contributed by atoms with Crippen molar-refractivity contribution >= 4 is 46.7 Å². The number of hydrogen-bond acceptors (Lipinski definition) is 4. The maximum absolute atomic E-state index is 13.0. The third-order valence-electron chi connectivity index (χ3n) is 3.94. The van der Waals surface area contributed by atoms with Crippen LogP contribution in [0.1, 0.15) is 20.8 Å². The first-order valence-corrected chi connectivity index (χ1v) is 8.68. The quantitative estimate of drug-likeness (QED) is 0.564. The van der Waals surface area contributed by atoms with E-state index in [1.54, 1.807) is 36.5 Å². The number of anilines is 1. The van der Waals surface area contributed by atoms with Crippen molar-refractivity contribution in [3.05, 3.63) is 76.7 Å². The number of amides is 1. The molecule has 2 aromatic carbocycles. The van der Waals surface area contributed by atoms with Gasteiger partial charge < -0.3 is 4.42 Å². The molecule has 4 nitrogen and oxygen atoms in total. The Morgan fingerprint density at radius 3 is 2.85 bits per heavy atom. The molecule has 4 aromatic rings. The molecule has 4 rings (SSSR count). The summed E-state index contributed by atoms with van der Waals surface area (Å²) in [4.78, 5) is 17.7. The second-order valence-electron chi connectivity index (χ2n) is 5.76. The monoisotopic (exact) mass is 362 g/mol. The highest BCUT2D eigenvalue weighted by Crippen LogP contribution is 2.24. The van der Waals surface area contributed by atoms with Crippen LogP contribution in [0.25, 0.3) is 11.0 Å². The van der Waals surface area contributed by atoms with Crippen LogP contribution in [0.15, 0.2) is 59.3 Å². The van der Waals surface area contributed by atoms with Crippen molar-refractivity contribution in [3.8, 4) is 0 Å². The van der Waals surface area contributed by atoms with Crippen molar-refractivity contribution in [2.75, 3.05) is 5.32 Å². The number of para-hydroxylation sites is 1. The zero-order chi connectivity index (χ0) is 18.1. The fraction of sp³-hybridized carbons (Fsp3) is 0.0526. The first-order chi connectivity index (χ1) is 12.6. The van der Waals surface area contributed by atoms with Gasteiger partial charge in [0.2, 0.25) is 0 Å². The van der Waals surface area contributed by atoms with Gasteiger partial charge in [-0.25, -0.2) is 9.37 Å². The van der Waals surface area contributed by atoms with Crippen LogP contribution in [0.2, 0.25) is 0 Å². The van der Waals surface area contributed by atoms with Crippen molar-refractivity contribution in [1.82, 2.24) is 4.98 Å². The van der Waals surface area contributed by atoms with Gasteiger partial charge in [0.1, 0.15) is 25.5 Å². The predicted molar refractivity (Wildman–Crippen MR) is 101 cm³/mol. The van der Waals surface area contributed by atoms with Gasteiger partial charge in [0.25, 0.3) is 5.91 Å². The van der Waals surface area contributed by atoms with E-state index in [1.165, 1.54) is 29.7 Å². The number of carbonyl (C=O) groups excluding carboxylic acids is 1. The van der Waals surface area contributed by atoms with Crippen LogP contribution < -0.4 is 10.8 Å². The Balaban J connectivity index is 1.50. The minimum Gasteiger partial charge on any atom is -0.464 e. The second-order valence-corrected chi connectivity index (χ2v) is 6.88. The minimum atomic E-state index is -0.308. The standard InChI is InChI=1S/C19H12BFN2O2S/c20-16-3-1-2-14-15(10-25-17(14)16)18(24)23-19-22-9-13(26-19)8-11-4-6-12(21)7-5-11/h1-7,9-10H,8H2,(H,22,23,24). The summed E-state index contributed by atoms with van der Waals surface area (Å²) in [5, 5.41) is 3.93. The van der Waals surface area contributed by atoms with Gasteiger partial charge in [-0.05, 0) is 17.7 Å². The lowest BCUT2D eigenvalue weighted by Gasteiger charge is -2.00. The van der Waals surface area contributed by atoms with E-state index < -0.39 is 0 Å². The summed E-state index contributed by atoms with van der Waals surface area (Å²) in [5.41, 5.74) is 2.36. The van der Waals surface area contributed by atoms with Gasteiger partial charge in [0.05, 0.1) is 5.56 Å². The second kappa shape index (κ2) is 6.76. The number of hydrogen-bond donors (Lipinski definition) is 1. The topological polar surface area (TPSA) is 55.1 Å². The summed E-state index contributed by atoms with van der Waals surface area (Å²) in [7, 11) is 5.85. The van der Waals surface area contributed by atoms with E-state index in [1.807, 2.05) is 0 Å². The fourth-order valence-electron chi connectivity index (χ4n) is 2.67. The smallest absolute Gasteiger partial charge is 0.261 e. The van der Waals surface area contributed by atoms with E-state index in [2.05, 4.69) is 10.3 Å². The average molecular weight is 362 g/mol. The highest BCUT2D eigenvalue weighted by Gasteiger charge is 2.16. The zero-order valence-corrected chi connectivity index (χ0v) is 14.3. The summed E-state index contributed by atoms with van der Waals surface area (Å²) < 4.78 is 18.4. The van der Waals surface area contributed by atoms with Crippen molar-refractivity contribution in [2.24, 2.45) is 0 Å². The Kier molecular flexibility index (Phi) is 4.30. The summed E-state index contributed by atoms with van der Waals surface area (Å²) in [6.45, 7) is 0. The molecule has 2 radical (unpaired) electrons. The van der Waals surface area contributed by atoms with E-state index in [0.29, 0.717) is 33.5 Å². The molecule has 1 N–H and O–H groups in total. The molecule has 0 saturated carbocycles. The molecule has 26 heavy (non-hydrogen) atoms. The normalized spacial score (nSPS) is 11.0. The largest absolute Gasteiger partial charge is 0.464 e. The molecule has 0 aliphatic carbocycles. The van der Waals surface area contributed by atoms with Gasteiger partial charge in [-0.2, -0.15) is 0 Å². The number of fused-ring (bicyclic) bond motifs is 1. The number of furan rings is 1. The van der Waals surface area contributed by atoms with Gasteiger partial charge in [-0.3, -0.25) is 10.1 Å². The van der Waals surface area contributed by atoms with Crippen LogP contribution in [0.4, 0.5) is 9.52 Å². The van der Waals surface area contributed by atoms with E-state index >= 15 is 0 Å². The molecule has 2 heterocycles. The Labute approximate surface area is 154 Å². The van der Waals surface area contributed by atoms with Gasteiger partial charge in [-0.1, -0.05) is 35.8 Å². The third kappa shape index (κ3) is 3.26.